The number of ether oxygens (including phenoxy) is 2. The molecule has 3 N–H and O–H groups in total. The Balaban J connectivity index is 1.38. The van der Waals surface area contributed by atoms with Crippen LogP contribution in [0.4, 0.5) is 0 Å². The second-order valence-corrected chi connectivity index (χ2v) is 10.5. The lowest BCUT2D eigenvalue weighted by atomic mass is 9.97. The van der Waals surface area contributed by atoms with Crippen molar-refractivity contribution in [2.75, 3.05) is 6.54 Å². The molecule has 0 aliphatic heterocycles. The highest BCUT2D eigenvalue weighted by molar-refractivity contribution is 6.32. The highest BCUT2D eigenvalue weighted by Crippen LogP contribution is 2.42. The van der Waals surface area contributed by atoms with E-state index in [-0.39, 0.29) is 32.2 Å². The summed E-state index contributed by atoms with van der Waals surface area (Å²) < 4.78 is 12.7. The summed E-state index contributed by atoms with van der Waals surface area (Å²) in [5.74, 6) is -0.0862. The van der Waals surface area contributed by atoms with Gasteiger partial charge in [-0.25, -0.2) is 0 Å². The van der Waals surface area contributed by atoms with Gasteiger partial charge >= 0.3 is 5.97 Å². The quantitative estimate of drug-likeness (QED) is 0.190. The molecule has 1 aliphatic carbocycles. The fraction of sp³-hybridized carbons (Fsp3) is 0.242. The molecule has 214 valence electrons. The number of fused-ring (bicyclic) bond motifs is 1. The van der Waals surface area contributed by atoms with Gasteiger partial charge in [0.25, 0.3) is 0 Å². The van der Waals surface area contributed by atoms with Crippen molar-refractivity contribution in [1.82, 2.24) is 10.3 Å². The topological polar surface area (TPSA) is 125 Å². The summed E-state index contributed by atoms with van der Waals surface area (Å²) in [7, 11) is 0. The SMILES string of the molecule is N#Cc1cncc(COc2cc(O[C@H]3CCc4c(-c5ccccc5)cccc43)c(Cl)cc2CNCC(O)CC(=O)O)c1. The smallest absolute Gasteiger partial charge is 0.306 e. The molecule has 0 spiro atoms. The van der Waals surface area contributed by atoms with Gasteiger partial charge in [0.05, 0.1) is 23.1 Å². The minimum atomic E-state index is -1.07. The molecule has 0 saturated carbocycles. The third-order valence-electron chi connectivity index (χ3n) is 7.11. The fourth-order valence-electron chi connectivity index (χ4n) is 5.15. The Morgan fingerprint density at radius 3 is 2.74 bits per heavy atom. The number of aromatic nitrogens is 1. The van der Waals surface area contributed by atoms with Crippen LogP contribution < -0.4 is 14.8 Å². The number of aliphatic hydroxyl groups excluding tert-OH is 1. The van der Waals surface area contributed by atoms with Crippen molar-refractivity contribution < 1.29 is 24.5 Å². The molecule has 0 bridgehead atoms. The molecule has 8 nitrogen and oxygen atoms in total. The first kappa shape index (κ1) is 29.1. The van der Waals surface area contributed by atoms with Crippen molar-refractivity contribution >= 4 is 17.6 Å². The predicted molar refractivity (Wildman–Crippen MR) is 158 cm³/mol. The van der Waals surface area contributed by atoms with Crippen LogP contribution in [0.15, 0.2) is 79.1 Å². The van der Waals surface area contributed by atoms with Gasteiger partial charge in [-0.3, -0.25) is 9.78 Å². The van der Waals surface area contributed by atoms with Crippen molar-refractivity contribution in [2.45, 2.75) is 44.6 Å². The molecule has 42 heavy (non-hydrogen) atoms. The van der Waals surface area contributed by atoms with Crippen molar-refractivity contribution in [3.63, 3.8) is 0 Å². The summed E-state index contributed by atoms with van der Waals surface area (Å²) in [5.41, 5.74) is 6.63. The molecule has 3 aromatic carbocycles. The van der Waals surface area contributed by atoms with Crippen molar-refractivity contribution in [3.05, 3.63) is 112 Å². The Hall–Kier alpha value is -4.42. The Kier molecular flexibility index (Phi) is 9.35. The van der Waals surface area contributed by atoms with Gasteiger partial charge in [-0.05, 0) is 47.2 Å². The second-order valence-electron chi connectivity index (χ2n) is 10.1. The van der Waals surface area contributed by atoms with Gasteiger partial charge in [0.2, 0.25) is 0 Å². The van der Waals surface area contributed by atoms with Gasteiger partial charge in [0.15, 0.2) is 0 Å². The number of nitriles is 1. The molecule has 4 aromatic rings. The first-order chi connectivity index (χ1) is 20.4. The molecule has 1 aliphatic rings. The zero-order chi connectivity index (χ0) is 29.5. The predicted octanol–water partition coefficient (Wildman–Crippen LogP) is 5.84. The molecule has 5 rings (SSSR count). The zero-order valence-corrected chi connectivity index (χ0v) is 23.6. The number of carboxylic acid groups (broad SMARTS) is 1. The Morgan fingerprint density at radius 1 is 1.12 bits per heavy atom. The molecule has 2 atom stereocenters. The van der Waals surface area contributed by atoms with E-state index in [9.17, 15) is 15.2 Å². The monoisotopic (exact) mass is 583 g/mol. The van der Waals surface area contributed by atoms with Gasteiger partial charge in [0.1, 0.15) is 30.3 Å². The maximum atomic E-state index is 10.9. The number of nitrogens with zero attached hydrogens (tertiary/aromatic N) is 2. The third kappa shape index (κ3) is 7.07. The van der Waals surface area contributed by atoms with E-state index < -0.39 is 12.1 Å². The lowest BCUT2D eigenvalue weighted by Crippen LogP contribution is -2.28. The van der Waals surface area contributed by atoms with E-state index in [0.717, 1.165) is 24.0 Å². The Labute approximate surface area is 249 Å². The van der Waals surface area contributed by atoms with E-state index in [1.807, 2.05) is 18.2 Å². The molecule has 1 unspecified atom stereocenters. The van der Waals surface area contributed by atoms with E-state index in [2.05, 4.69) is 46.7 Å². The van der Waals surface area contributed by atoms with Crippen LogP contribution in [0, 0.1) is 11.3 Å². The van der Waals surface area contributed by atoms with E-state index in [4.69, 9.17) is 26.2 Å². The van der Waals surface area contributed by atoms with Gasteiger partial charge < -0.3 is 25.0 Å². The first-order valence-electron chi connectivity index (χ1n) is 13.6. The van der Waals surface area contributed by atoms with E-state index in [0.29, 0.717) is 27.6 Å². The van der Waals surface area contributed by atoms with Crippen molar-refractivity contribution in [2.24, 2.45) is 0 Å². The molecule has 0 saturated heterocycles. The van der Waals surface area contributed by atoms with E-state index in [1.54, 1.807) is 24.4 Å². The summed E-state index contributed by atoms with van der Waals surface area (Å²) in [4.78, 5) is 15.0. The average Bonchev–Trinajstić information content (AvgIpc) is 3.40. The molecule has 9 heteroatoms. The number of nitrogens with one attached hydrogen (secondary N) is 1. The van der Waals surface area contributed by atoms with Gasteiger partial charge in [0, 0.05) is 42.7 Å². The number of benzene rings is 3. The molecule has 0 amide bonds. The van der Waals surface area contributed by atoms with Gasteiger partial charge in [-0.1, -0.05) is 60.1 Å². The Bertz CT molecular complexity index is 1610. The lowest BCUT2D eigenvalue weighted by molar-refractivity contribution is -0.139. The maximum absolute atomic E-state index is 10.9. The molecule has 0 fully saturated rings. The molecular weight excluding hydrogens is 554 g/mol. The summed E-state index contributed by atoms with van der Waals surface area (Å²) in [6.45, 7) is 0.512. The molecular formula is C33H30ClN3O5. The van der Waals surface area contributed by atoms with Crippen LogP contribution in [0.3, 0.4) is 0 Å². The minimum absolute atomic E-state index is 0.0817. The number of carbonyl (C=O) groups is 1. The van der Waals surface area contributed by atoms with E-state index in [1.165, 1.54) is 22.9 Å². The van der Waals surface area contributed by atoms with Crippen LogP contribution in [-0.4, -0.2) is 33.8 Å². The number of aliphatic hydroxyl groups is 1. The summed E-state index contributed by atoms with van der Waals surface area (Å²) in [6.07, 6.45) is 3.24. The number of aliphatic carboxylic acids is 1. The standard InChI is InChI=1S/C33H30ClN3O5/c34-29-12-24(18-37-19-25(38)13-33(39)40)31(41-20-22-11-21(15-35)16-36-17-22)14-32(29)42-30-10-9-27-26(7-4-8-28(27)30)23-5-2-1-3-6-23/h1-8,11-12,14,16-17,25,30,37-38H,9-10,13,18-20H2,(H,39,40)/t25?,30-/m0/s1. The second kappa shape index (κ2) is 13.5. The lowest BCUT2D eigenvalue weighted by Gasteiger charge is -2.20. The number of hydrogen-bond donors (Lipinski definition) is 3. The van der Waals surface area contributed by atoms with Crippen LogP contribution in [0.25, 0.3) is 11.1 Å². The van der Waals surface area contributed by atoms with Gasteiger partial charge in [-0.15, -0.1) is 0 Å². The number of pyridine rings is 1. The van der Waals surface area contributed by atoms with Gasteiger partial charge in [-0.2, -0.15) is 5.26 Å². The van der Waals surface area contributed by atoms with Crippen molar-refractivity contribution in [3.8, 4) is 28.7 Å². The first-order valence-corrected chi connectivity index (χ1v) is 14.0. The van der Waals surface area contributed by atoms with Crippen molar-refractivity contribution in [1.29, 1.82) is 5.26 Å². The normalized spacial score (nSPS) is 14.5. The van der Waals surface area contributed by atoms with Crippen LogP contribution in [0.1, 0.15) is 46.8 Å². The number of rotatable bonds is 12. The highest BCUT2D eigenvalue weighted by Gasteiger charge is 2.27. The minimum Gasteiger partial charge on any atom is -0.488 e. The largest absolute Gasteiger partial charge is 0.488 e. The van der Waals surface area contributed by atoms with Crippen LogP contribution in [0.5, 0.6) is 11.5 Å². The molecule has 0 radical (unpaired) electrons. The summed E-state index contributed by atoms with van der Waals surface area (Å²) >= 11 is 6.72. The zero-order valence-electron chi connectivity index (χ0n) is 22.8. The fourth-order valence-corrected chi connectivity index (χ4v) is 5.39. The summed E-state index contributed by atoms with van der Waals surface area (Å²) in [6, 6.07) is 23.9. The highest BCUT2D eigenvalue weighted by atomic mass is 35.5. The average molecular weight is 584 g/mol. The maximum Gasteiger partial charge on any atom is 0.306 e. The molecule has 1 aromatic heterocycles. The number of carboxylic acids is 1. The van der Waals surface area contributed by atoms with Crippen LogP contribution in [0.2, 0.25) is 5.02 Å². The third-order valence-corrected chi connectivity index (χ3v) is 7.40. The Morgan fingerprint density at radius 2 is 1.95 bits per heavy atom. The number of halogens is 1. The number of hydrogen-bond acceptors (Lipinski definition) is 7. The molecule has 1 heterocycles. The van der Waals surface area contributed by atoms with Crippen LogP contribution >= 0.6 is 11.6 Å². The van der Waals surface area contributed by atoms with Crippen LogP contribution in [-0.2, 0) is 24.4 Å². The summed E-state index contributed by atoms with van der Waals surface area (Å²) in [5, 5.41) is 31.6. The van der Waals surface area contributed by atoms with E-state index >= 15 is 0 Å².